The van der Waals surface area contributed by atoms with E-state index in [1.165, 1.54) is 12.8 Å². The molecule has 1 fully saturated rings. The molecule has 1 aliphatic heterocycles. The Bertz CT molecular complexity index is 205. The van der Waals surface area contributed by atoms with Crippen LogP contribution in [0.2, 0.25) is 0 Å². The molecule has 0 amide bonds. The van der Waals surface area contributed by atoms with Crippen LogP contribution < -0.4 is 5.32 Å². The summed E-state index contributed by atoms with van der Waals surface area (Å²) in [7, 11) is 0. The van der Waals surface area contributed by atoms with Gasteiger partial charge in [-0.1, -0.05) is 27.7 Å². The Kier molecular flexibility index (Phi) is 5.90. The first kappa shape index (κ1) is 14.9. The minimum Gasteiger partial charge on any atom is -0.390 e. The van der Waals surface area contributed by atoms with Gasteiger partial charge in [-0.15, -0.1) is 0 Å². The van der Waals surface area contributed by atoms with Gasteiger partial charge in [-0.25, -0.2) is 0 Å². The average Bonchev–Trinajstić information content (AvgIpc) is 2.19. The van der Waals surface area contributed by atoms with E-state index in [0.717, 1.165) is 32.1 Å². The number of hydrogen-bond donors (Lipinski definition) is 2. The van der Waals surface area contributed by atoms with Gasteiger partial charge in [0.15, 0.2) is 0 Å². The number of hydrogen-bond acceptors (Lipinski definition) is 3. The van der Waals surface area contributed by atoms with Crippen LogP contribution in [0, 0.1) is 11.3 Å². The second kappa shape index (κ2) is 6.72. The minimum atomic E-state index is -0.231. The summed E-state index contributed by atoms with van der Waals surface area (Å²) >= 11 is 0. The molecule has 0 aliphatic carbocycles. The highest BCUT2D eigenvalue weighted by atomic mass is 16.3. The molecule has 1 unspecified atom stereocenters. The molecular formula is C14H30N2O. The zero-order valence-electron chi connectivity index (χ0n) is 12.0. The SMILES string of the molecule is CC1CCN(CC(O)CNCC(C)(C)C)CC1. The molecule has 0 aromatic carbocycles. The van der Waals surface area contributed by atoms with Gasteiger partial charge in [0, 0.05) is 19.6 Å². The number of nitrogens with zero attached hydrogens (tertiary/aromatic N) is 1. The lowest BCUT2D eigenvalue weighted by molar-refractivity contribution is 0.0893. The fourth-order valence-corrected chi connectivity index (χ4v) is 2.22. The van der Waals surface area contributed by atoms with Gasteiger partial charge in [0.05, 0.1) is 6.10 Å². The van der Waals surface area contributed by atoms with E-state index in [9.17, 15) is 5.11 Å². The van der Waals surface area contributed by atoms with E-state index >= 15 is 0 Å². The Morgan fingerprint density at radius 1 is 1.29 bits per heavy atom. The van der Waals surface area contributed by atoms with Crippen molar-refractivity contribution in [1.82, 2.24) is 10.2 Å². The molecule has 0 spiro atoms. The second-order valence-corrected chi connectivity index (χ2v) is 6.83. The number of piperidine rings is 1. The topological polar surface area (TPSA) is 35.5 Å². The standard InChI is InChI=1S/C14H30N2O/c1-12-5-7-16(8-6-12)10-13(17)9-15-11-14(2,3)4/h12-13,15,17H,5-11H2,1-4H3. The van der Waals surface area contributed by atoms with E-state index in [0.29, 0.717) is 12.0 Å². The number of nitrogens with one attached hydrogen (secondary N) is 1. The van der Waals surface area contributed by atoms with Crippen LogP contribution in [0.3, 0.4) is 0 Å². The van der Waals surface area contributed by atoms with Gasteiger partial charge in [-0.2, -0.15) is 0 Å². The molecule has 3 nitrogen and oxygen atoms in total. The molecule has 2 N–H and O–H groups in total. The molecule has 1 saturated heterocycles. The molecule has 102 valence electrons. The van der Waals surface area contributed by atoms with Gasteiger partial charge in [0.1, 0.15) is 0 Å². The molecule has 1 heterocycles. The number of rotatable bonds is 5. The fraction of sp³-hybridized carbons (Fsp3) is 1.00. The lowest BCUT2D eigenvalue weighted by atomic mass is 9.97. The summed E-state index contributed by atoms with van der Waals surface area (Å²) in [5.41, 5.74) is 0.292. The Morgan fingerprint density at radius 2 is 1.88 bits per heavy atom. The quantitative estimate of drug-likeness (QED) is 0.770. The third-order valence-corrected chi connectivity index (χ3v) is 3.38. The van der Waals surface area contributed by atoms with Gasteiger partial charge in [-0.3, -0.25) is 0 Å². The van der Waals surface area contributed by atoms with Crippen molar-refractivity contribution in [3.8, 4) is 0 Å². The zero-order valence-corrected chi connectivity index (χ0v) is 12.0. The first-order valence-corrected chi connectivity index (χ1v) is 6.98. The highest BCUT2D eigenvalue weighted by Gasteiger charge is 2.18. The molecule has 0 radical (unpaired) electrons. The molecule has 0 bridgehead atoms. The van der Waals surface area contributed by atoms with Crippen molar-refractivity contribution in [3.05, 3.63) is 0 Å². The van der Waals surface area contributed by atoms with Gasteiger partial charge < -0.3 is 15.3 Å². The van der Waals surface area contributed by atoms with Crippen LogP contribution in [-0.4, -0.2) is 48.8 Å². The molecule has 1 atom stereocenters. The lowest BCUT2D eigenvalue weighted by Gasteiger charge is -2.32. The summed E-state index contributed by atoms with van der Waals surface area (Å²) in [5, 5.41) is 13.3. The van der Waals surface area contributed by atoms with Crippen LogP contribution in [0.1, 0.15) is 40.5 Å². The van der Waals surface area contributed by atoms with Crippen molar-refractivity contribution in [1.29, 1.82) is 0 Å². The van der Waals surface area contributed by atoms with Crippen LogP contribution in [0.5, 0.6) is 0 Å². The Labute approximate surface area is 107 Å². The van der Waals surface area contributed by atoms with E-state index in [4.69, 9.17) is 0 Å². The fourth-order valence-electron chi connectivity index (χ4n) is 2.22. The van der Waals surface area contributed by atoms with E-state index in [1.807, 2.05) is 0 Å². The molecule has 0 aromatic rings. The number of likely N-dealkylation sites (tertiary alicyclic amines) is 1. The van der Waals surface area contributed by atoms with Crippen molar-refractivity contribution in [3.63, 3.8) is 0 Å². The molecule has 0 saturated carbocycles. The Balaban J connectivity index is 2.10. The van der Waals surface area contributed by atoms with Crippen molar-refractivity contribution in [2.24, 2.45) is 11.3 Å². The first-order valence-electron chi connectivity index (χ1n) is 6.98. The summed E-state index contributed by atoms with van der Waals surface area (Å²) in [6.07, 6.45) is 2.33. The van der Waals surface area contributed by atoms with Crippen LogP contribution in [0.4, 0.5) is 0 Å². The number of aliphatic hydroxyl groups is 1. The van der Waals surface area contributed by atoms with Crippen LogP contribution >= 0.6 is 0 Å². The van der Waals surface area contributed by atoms with Crippen molar-refractivity contribution >= 4 is 0 Å². The van der Waals surface area contributed by atoms with Crippen molar-refractivity contribution < 1.29 is 5.11 Å². The summed E-state index contributed by atoms with van der Waals surface area (Å²) in [6, 6.07) is 0. The number of β-amino-alcohol motifs (C(OH)–C–C–N with tert-alkyl or cyclic N) is 1. The normalized spacial score (nSPS) is 21.7. The van der Waals surface area contributed by atoms with Crippen molar-refractivity contribution in [2.45, 2.75) is 46.6 Å². The van der Waals surface area contributed by atoms with E-state index in [-0.39, 0.29) is 6.10 Å². The first-order chi connectivity index (χ1) is 7.87. The Hall–Kier alpha value is -0.120. The third kappa shape index (κ3) is 7.02. The average molecular weight is 242 g/mol. The monoisotopic (exact) mass is 242 g/mol. The second-order valence-electron chi connectivity index (χ2n) is 6.83. The number of aliphatic hydroxyl groups excluding tert-OH is 1. The third-order valence-electron chi connectivity index (χ3n) is 3.38. The molecule has 17 heavy (non-hydrogen) atoms. The zero-order chi connectivity index (χ0) is 12.9. The Morgan fingerprint density at radius 3 is 2.41 bits per heavy atom. The van der Waals surface area contributed by atoms with Crippen LogP contribution in [0.25, 0.3) is 0 Å². The minimum absolute atomic E-state index is 0.231. The predicted octanol–water partition coefficient (Wildman–Crippen LogP) is 1.71. The van der Waals surface area contributed by atoms with Crippen LogP contribution in [-0.2, 0) is 0 Å². The summed E-state index contributed by atoms with van der Waals surface area (Å²) in [6.45, 7) is 13.7. The highest BCUT2D eigenvalue weighted by Crippen LogP contribution is 2.16. The summed E-state index contributed by atoms with van der Waals surface area (Å²) in [4.78, 5) is 2.39. The maximum Gasteiger partial charge on any atom is 0.0791 e. The molecule has 1 rings (SSSR count). The van der Waals surface area contributed by atoms with Gasteiger partial charge >= 0.3 is 0 Å². The van der Waals surface area contributed by atoms with E-state index in [2.05, 4.69) is 37.9 Å². The molecule has 0 aromatic heterocycles. The summed E-state index contributed by atoms with van der Waals surface area (Å²) in [5.74, 6) is 0.863. The lowest BCUT2D eigenvalue weighted by Crippen LogP contribution is -2.43. The van der Waals surface area contributed by atoms with Gasteiger partial charge in [-0.05, 0) is 37.3 Å². The maximum atomic E-state index is 9.96. The molecular weight excluding hydrogens is 212 g/mol. The predicted molar refractivity (Wildman–Crippen MR) is 73.2 cm³/mol. The van der Waals surface area contributed by atoms with E-state index in [1.54, 1.807) is 0 Å². The molecule has 1 aliphatic rings. The maximum absolute atomic E-state index is 9.96. The van der Waals surface area contributed by atoms with Gasteiger partial charge in [0.25, 0.3) is 0 Å². The van der Waals surface area contributed by atoms with E-state index < -0.39 is 0 Å². The smallest absolute Gasteiger partial charge is 0.0791 e. The highest BCUT2D eigenvalue weighted by molar-refractivity contribution is 4.74. The van der Waals surface area contributed by atoms with Crippen molar-refractivity contribution in [2.75, 3.05) is 32.7 Å². The molecule has 3 heteroatoms. The largest absolute Gasteiger partial charge is 0.390 e. The van der Waals surface area contributed by atoms with Gasteiger partial charge in [0.2, 0.25) is 0 Å². The van der Waals surface area contributed by atoms with Crippen LogP contribution in [0.15, 0.2) is 0 Å². The summed E-state index contributed by atoms with van der Waals surface area (Å²) < 4.78 is 0.